The van der Waals surface area contributed by atoms with Gasteiger partial charge in [-0.05, 0) is 68.6 Å². The van der Waals surface area contributed by atoms with E-state index < -0.39 is 0 Å². The number of thiocarbonyl (C=S) groups is 2. The van der Waals surface area contributed by atoms with Crippen molar-refractivity contribution in [2.24, 2.45) is 0 Å². The van der Waals surface area contributed by atoms with E-state index in [1.54, 1.807) is 0 Å². The van der Waals surface area contributed by atoms with Crippen LogP contribution >= 0.6 is 75.0 Å². The van der Waals surface area contributed by atoms with E-state index in [0.717, 1.165) is 84.2 Å². The van der Waals surface area contributed by atoms with Crippen molar-refractivity contribution in [3.05, 3.63) is 34.9 Å². The molecule has 2 aliphatic rings. The molecule has 0 bridgehead atoms. The van der Waals surface area contributed by atoms with Crippen LogP contribution in [0.3, 0.4) is 0 Å². The lowest BCUT2D eigenvalue weighted by atomic mass is 9.92. The summed E-state index contributed by atoms with van der Waals surface area (Å²) in [6, 6.07) is 6.56. The Balaban J connectivity index is 1.86. The molecule has 2 nitrogen and oxygen atoms in total. The highest BCUT2D eigenvalue weighted by atomic mass is 32.1. The van der Waals surface area contributed by atoms with Gasteiger partial charge in [-0.3, -0.25) is 0 Å². The summed E-state index contributed by atoms with van der Waals surface area (Å²) in [6.45, 7) is 3.95. The molecule has 0 N–H and O–H groups in total. The van der Waals surface area contributed by atoms with Gasteiger partial charge in [-0.15, -0.1) is 0 Å². The molecule has 1 aromatic rings. The van der Waals surface area contributed by atoms with Gasteiger partial charge in [0.2, 0.25) is 0 Å². The van der Waals surface area contributed by atoms with Crippen LogP contribution in [0.25, 0.3) is 0 Å². The van der Waals surface area contributed by atoms with Gasteiger partial charge in [0.05, 0.1) is 9.74 Å². The lowest BCUT2D eigenvalue weighted by Gasteiger charge is -2.45. The Bertz CT molecular complexity index is 861. The summed E-state index contributed by atoms with van der Waals surface area (Å²) in [7, 11) is 0. The Morgan fingerprint density at radius 2 is 1.23 bits per heavy atom. The summed E-state index contributed by atoms with van der Waals surface area (Å²) in [6.07, 6.45) is 13.7. The normalized spacial score (nSPS) is 19.2. The van der Waals surface area contributed by atoms with Crippen LogP contribution in [-0.4, -0.2) is 54.1 Å². The lowest BCUT2D eigenvalue weighted by molar-refractivity contribution is 0.216. The molecule has 0 aliphatic heterocycles. The fraction of sp³-hybridized carbons (Fsp3) is 0.704. The van der Waals surface area contributed by atoms with E-state index in [1.165, 1.54) is 44.1 Å². The van der Waals surface area contributed by atoms with Crippen LogP contribution in [0.4, 0.5) is 0 Å². The molecule has 2 aliphatic carbocycles. The van der Waals surface area contributed by atoms with Crippen molar-refractivity contribution in [3.8, 4) is 0 Å². The highest BCUT2D eigenvalue weighted by molar-refractivity contribution is 7.83. The fourth-order valence-corrected chi connectivity index (χ4v) is 7.91. The minimum atomic E-state index is -0.165. The summed E-state index contributed by atoms with van der Waals surface area (Å²) in [5.74, 6) is 1.70. The quantitative estimate of drug-likeness (QED) is 0.126. The van der Waals surface area contributed by atoms with E-state index in [9.17, 15) is 0 Å². The number of hydrogen-bond acceptors (Lipinski definition) is 6. The number of nitrogens with zero attached hydrogens (tertiary/aromatic N) is 2. The molecule has 0 saturated heterocycles. The van der Waals surface area contributed by atoms with Crippen LogP contribution in [0.1, 0.15) is 93.7 Å². The highest BCUT2D eigenvalue weighted by Gasteiger charge is 2.37. The van der Waals surface area contributed by atoms with Gasteiger partial charge in [0.15, 0.2) is 0 Å². The fourth-order valence-electron chi connectivity index (χ4n) is 5.57. The van der Waals surface area contributed by atoms with Gasteiger partial charge in [-0.25, -0.2) is 0 Å². The zero-order chi connectivity index (χ0) is 25.5. The van der Waals surface area contributed by atoms with Gasteiger partial charge in [-0.2, -0.15) is 50.5 Å². The maximum absolute atomic E-state index is 6.12. The first kappa shape index (κ1) is 29.9. The van der Waals surface area contributed by atoms with Crippen LogP contribution in [0.2, 0.25) is 0 Å². The zero-order valence-corrected chi connectivity index (χ0v) is 26.3. The molecule has 0 atom stereocenters. The smallest absolute Gasteiger partial charge is 0.110 e. The van der Waals surface area contributed by atoms with E-state index in [2.05, 4.69) is 60.2 Å². The number of hydrogen-bond donors (Lipinski definition) is 4. The summed E-state index contributed by atoms with van der Waals surface area (Å²) in [5, 5.41) is 0. The summed E-state index contributed by atoms with van der Waals surface area (Å²) >= 11 is 31.5. The molecule has 35 heavy (non-hydrogen) atoms. The molecule has 0 spiro atoms. The third-order valence-electron chi connectivity index (χ3n) is 7.59. The van der Waals surface area contributed by atoms with Crippen molar-refractivity contribution in [1.29, 1.82) is 0 Å². The molecule has 0 unspecified atom stereocenters. The van der Waals surface area contributed by atoms with E-state index >= 15 is 0 Å². The van der Waals surface area contributed by atoms with Crippen LogP contribution in [0.5, 0.6) is 0 Å². The first-order valence-electron chi connectivity index (χ1n) is 13.2. The predicted molar refractivity (Wildman–Crippen MR) is 175 cm³/mol. The molecule has 2 fully saturated rings. The first-order chi connectivity index (χ1) is 16.8. The summed E-state index contributed by atoms with van der Waals surface area (Å²) in [5.41, 5.74) is 3.37. The van der Waals surface area contributed by atoms with E-state index in [4.69, 9.17) is 49.7 Å². The molecule has 2 saturated carbocycles. The average Bonchev–Trinajstić information content (AvgIpc) is 2.85. The minimum absolute atomic E-state index is 0.163. The highest BCUT2D eigenvalue weighted by Crippen LogP contribution is 2.40. The van der Waals surface area contributed by atoms with Crippen LogP contribution < -0.4 is 0 Å². The van der Waals surface area contributed by atoms with Crippen LogP contribution in [-0.2, 0) is 0 Å². The average molecular weight is 587 g/mol. The van der Waals surface area contributed by atoms with Gasteiger partial charge in [0.25, 0.3) is 0 Å². The van der Waals surface area contributed by atoms with Crippen molar-refractivity contribution < 1.29 is 0 Å². The van der Waals surface area contributed by atoms with Crippen molar-refractivity contribution in [1.82, 2.24) is 9.80 Å². The van der Waals surface area contributed by atoms with Crippen LogP contribution in [0.15, 0.2) is 18.2 Å². The summed E-state index contributed by atoms with van der Waals surface area (Å²) < 4.78 is 0. The minimum Gasteiger partial charge on any atom is -0.348 e. The maximum atomic E-state index is 6.12. The third-order valence-corrected chi connectivity index (χ3v) is 10.5. The molecule has 8 heteroatoms. The second kappa shape index (κ2) is 14.0. The lowest BCUT2D eigenvalue weighted by Crippen LogP contribution is -2.50. The molecular formula is C27H42N2S6. The predicted octanol–water partition coefficient (Wildman–Crippen LogP) is 7.77. The van der Waals surface area contributed by atoms with Crippen molar-refractivity contribution in [2.45, 2.75) is 93.7 Å². The third kappa shape index (κ3) is 7.50. The molecule has 0 heterocycles. The van der Waals surface area contributed by atoms with Gasteiger partial charge >= 0.3 is 0 Å². The van der Waals surface area contributed by atoms with Crippen LogP contribution in [0, 0.1) is 6.92 Å². The SMILES string of the molecule is Cc1cc(C(=S)N(CCCS)C2(S)CCCCC2)ccc1C(=S)N(CCCS)C1(S)CCCCC1. The van der Waals surface area contributed by atoms with E-state index in [0.29, 0.717) is 0 Å². The second-order valence-corrected chi connectivity index (χ2v) is 13.5. The van der Waals surface area contributed by atoms with E-state index in [1.807, 2.05) is 0 Å². The standard InChI is InChI=1S/C27H42N2S6/c1-21-20-22(24(32)28(16-8-18-30)26(34)12-4-2-5-13-26)10-11-23(21)25(33)29(17-9-19-31)27(35)14-6-3-7-15-27/h10-11,20,30-31,34-35H,2-9,12-19H2,1H3. The first-order valence-corrected chi connectivity index (χ1v) is 16.1. The monoisotopic (exact) mass is 586 g/mol. The van der Waals surface area contributed by atoms with Crippen molar-refractivity contribution in [3.63, 3.8) is 0 Å². The van der Waals surface area contributed by atoms with Gasteiger partial charge < -0.3 is 9.80 Å². The molecule has 0 aromatic heterocycles. The van der Waals surface area contributed by atoms with Crippen molar-refractivity contribution in [2.75, 3.05) is 24.6 Å². The second-order valence-electron chi connectivity index (χ2n) is 10.2. The molecule has 196 valence electrons. The van der Waals surface area contributed by atoms with Crippen molar-refractivity contribution >= 4 is 84.9 Å². The Hall–Kier alpha value is 0.400. The Kier molecular flexibility index (Phi) is 12.0. The Morgan fingerprint density at radius 3 is 1.66 bits per heavy atom. The van der Waals surface area contributed by atoms with Gasteiger partial charge in [0.1, 0.15) is 9.98 Å². The van der Waals surface area contributed by atoms with Gasteiger partial charge in [-0.1, -0.05) is 75.1 Å². The van der Waals surface area contributed by atoms with E-state index in [-0.39, 0.29) is 9.74 Å². The Morgan fingerprint density at radius 1 is 0.771 bits per heavy atom. The largest absolute Gasteiger partial charge is 0.348 e. The maximum Gasteiger partial charge on any atom is 0.110 e. The molecule has 0 radical (unpaired) electrons. The van der Waals surface area contributed by atoms with Gasteiger partial charge in [0, 0.05) is 24.2 Å². The topological polar surface area (TPSA) is 6.48 Å². The number of aryl methyl sites for hydroxylation is 1. The number of rotatable bonds is 10. The number of benzene rings is 1. The summed E-state index contributed by atoms with van der Waals surface area (Å²) in [4.78, 5) is 6.23. The Labute approximate surface area is 246 Å². The molecule has 3 rings (SSSR count). The number of thiol groups is 4. The molecular weight excluding hydrogens is 545 g/mol. The molecule has 0 amide bonds. The molecule has 1 aromatic carbocycles. The zero-order valence-electron chi connectivity index (χ0n) is 21.0.